The van der Waals surface area contributed by atoms with E-state index in [0.29, 0.717) is 25.6 Å². The predicted octanol–water partition coefficient (Wildman–Crippen LogP) is 1.94. The Hall–Kier alpha value is -1.40. The summed E-state index contributed by atoms with van der Waals surface area (Å²) in [5.41, 5.74) is 1.32. The van der Waals surface area contributed by atoms with E-state index in [9.17, 15) is 9.59 Å². The number of fused-ring (bicyclic) bond motifs is 1. The summed E-state index contributed by atoms with van der Waals surface area (Å²) in [6.45, 7) is 7.20. The first kappa shape index (κ1) is 19.4. The highest BCUT2D eigenvalue weighted by molar-refractivity contribution is 5.81. The normalized spacial score (nSPS) is 31.2. The van der Waals surface area contributed by atoms with Gasteiger partial charge >= 0.3 is 0 Å². The average Bonchev–Trinajstić information content (AvgIpc) is 3.24. The predicted molar refractivity (Wildman–Crippen MR) is 98.5 cm³/mol. The first-order chi connectivity index (χ1) is 12.4. The Labute approximate surface area is 156 Å². The highest BCUT2D eigenvalue weighted by Gasteiger charge is 2.49. The molecular formula is C20H32N2O4. The first-order valence-electron chi connectivity index (χ1n) is 9.90. The highest BCUT2D eigenvalue weighted by Crippen LogP contribution is 2.31. The molecule has 2 heterocycles. The molecule has 3 aliphatic rings. The van der Waals surface area contributed by atoms with E-state index in [-0.39, 0.29) is 42.0 Å². The summed E-state index contributed by atoms with van der Waals surface area (Å²) in [7, 11) is 0. The van der Waals surface area contributed by atoms with Crippen LogP contribution in [0.25, 0.3) is 0 Å². The fourth-order valence-corrected chi connectivity index (χ4v) is 3.73. The van der Waals surface area contributed by atoms with Gasteiger partial charge in [-0.3, -0.25) is 9.59 Å². The number of hydrogen-bond donors (Lipinski definition) is 2. The van der Waals surface area contributed by atoms with Gasteiger partial charge in [-0.15, -0.1) is 0 Å². The topological polar surface area (TPSA) is 76.7 Å². The van der Waals surface area contributed by atoms with E-state index in [0.717, 1.165) is 25.7 Å². The minimum Gasteiger partial charge on any atom is -0.371 e. The average molecular weight is 364 g/mol. The second-order valence-electron chi connectivity index (χ2n) is 8.33. The summed E-state index contributed by atoms with van der Waals surface area (Å²) >= 11 is 0. The molecule has 0 spiro atoms. The number of carbonyl (C=O) groups is 2. The molecule has 6 nitrogen and oxygen atoms in total. The van der Waals surface area contributed by atoms with E-state index < -0.39 is 0 Å². The zero-order valence-electron chi connectivity index (χ0n) is 16.1. The molecule has 26 heavy (non-hydrogen) atoms. The summed E-state index contributed by atoms with van der Waals surface area (Å²) in [6.07, 6.45) is 6.41. The zero-order valence-corrected chi connectivity index (χ0v) is 16.1. The summed E-state index contributed by atoms with van der Waals surface area (Å²) in [4.78, 5) is 24.3. The van der Waals surface area contributed by atoms with Crippen molar-refractivity contribution in [2.75, 3.05) is 13.2 Å². The summed E-state index contributed by atoms with van der Waals surface area (Å²) in [5.74, 6) is 0.691. The molecule has 2 aliphatic heterocycles. The van der Waals surface area contributed by atoms with Gasteiger partial charge in [0.05, 0.1) is 25.3 Å². The van der Waals surface area contributed by atoms with Gasteiger partial charge in [-0.25, -0.2) is 0 Å². The second kappa shape index (κ2) is 8.53. The van der Waals surface area contributed by atoms with E-state index in [1.165, 1.54) is 5.57 Å². The Morgan fingerprint density at radius 2 is 1.69 bits per heavy atom. The van der Waals surface area contributed by atoms with Crippen LogP contribution in [0.4, 0.5) is 0 Å². The van der Waals surface area contributed by atoms with Gasteiger partial charge in [0.2, 0.25) is 11.8 Å². The lowest BCUT2D eigenvalue weighted by Gasteiger charge is -2.19. The number of nitrogens with one attached hydrogen (secondary N) is 2. The molecule has 3 rings (SSSR count). The quantitative estimate of drug-likeness (QED) is 0.645. The molecule has 2 amide bonds. The maximum absolute atomic E-state index is 12.3. The highest BCUT2D eigenvalue weighted by atomic mass is 16.6. The van der Waals surface area contributed by atoms with Crippen LogP contribution in [0.1, 0.15) is 52.9 Å². The zero-order chi connectivity index (χ0) is 18.7. The molecule has 2 N–H and O–H groups in total. The molecule has 2 saturated heterocycles. The largest absolute Gasteiger partial charge is 0.371 e. The molecular weight excluding hydrogens is 332 g/mol. The van der Waals surface area contributed by atoms with Gasteiger partial charge in [-0.2, -0.15) is 0 Å². The monoisotopic (exact) mass is 364 g/mol. The van der Waals surface area contributed by atoms with Crippen LogP contribution >= 0.6 is 0 Å². The summed E-state index contributed by atoms with van der Waals surface area (Å²) < 4.78 is 11.7. The molecule has 2 unspecified atom stereocenters. The smallest absolute Gasteiger partial charge is 0.223 e. The Balaban J connectivity index is 1.41. The number of hydrogen-bond acceptors (Lipinski definition) is 4. The lowest BCUT2D eigenvalue weighted by Crippen LogP contribution is -2.47. The van der Waals surface area contributed by atoms with Gasteiger partial charge in [0.15, 0.2) is 0 Å². The molecule has 146 valence electrons. The van der Waals surface area contributed by atoms with Crippen LogP contribution in [0.3, 0.4) is 0 Å². The number of amides is 2. The van der Waals surface area contributed by atoms with Crippen LogP contribution in [-0.4, -0.2) is 49.3 Å². The fraction of sp³-hybridized carbons (Fsp3) is 0.800. The molecule has 0 aromatic rings. The van der Waals surface area contributed by atoms with Gasteiger partial charge in [-0.1, -0.05) is 18.6 Å². The third-order valence-corrected chi connectivity index (χ3v) is 5.42. The van der Waals surface area contributed by atoms with Crippen LogP contribution < -0.4 is 10.6 Å². The van der Waals surface area contributed by atoms with Crippen molar-refractivity contribution in [3.63, 3.8) is 0 Å². The Morgan fingerprint density at radius 1 is 1.08 bits per heavy atom. The maximum Gasteiger partial charge on any atom is 0.223 e. The van der Waals surface area contributed by atoms with Crippen molar-refractivity contribution in [1.82, 2.24) is 10.6 Å². The Kier molecular flexibility index (Phi) is 6.35. The van der Waals surface area contributed by atoms with Crippen LogP contribution in [-0.2, 0) is 19.1 Å². The molecule has 0 radical (unpaired) electrons. The van der Waals surface area contributed by atoms with Crippen LogP contribution in [0.5, 0.6) is 0 Å². The molecule has 6 heteroatoms. The van der Waals surface area contributed by atoms with Crippen molar-refractivity contribution >= 4 is 11.8 Å². The summed E-state index contributed by atoms with van der Waals surface area (Å²) in [5, 5.41) is 6.12. The van der Waals surface area contributed by atoms with Gasteiger partial charge in [-0.05, 0) is 45.4 Å². The van der Waals surface area contributed by atoms with Crippen molar-refractivity contribution < 1.29 is 19.1 Å². The molecule has 0 aromatic heterocycles. The number of rotatable bonds is 8. The van der Waals surface area contributed by atoms with E-state index in [2.05, 4.69) is 37.5 Å². The fourth-order valence-electron chi connectivity index (χ4n) is 3.73. The molecule has 0 aromatic carbocycles. The van der Waals surface area contributed by atoms with Gasteiger partial charge in [0, 0.05) is 12.3 Å². The van der Waals surface area contributed by atoms with Crippen LogP contribution in [0, 0.1) is 11.8 Å². The third-order valence-electron chi connectivity index (χ3n) is 5.42. The van der Waals surface area contributed by atoms with Crippen molar-refractivity contribution in [2.45, 2.75) is 77.2 Å². The standard InChI is InChI=1S/C20H32N2O4/c1-12(2)5-4-6-13(3)9-17(23)21-15-10-25-19-16(11-26-18(15)19)22-20(24)14-7-8-14/h5,13-16,18-19H,4,6-11H2,1-3H3,(H,21,23)(H,22,24)/t13?,15-,16-,18+,19?/m0/s1. The first-order valence-corrected chi connectivity index (χ1v) is 9.90. The number of allylic oxidation sites excluding steroid dienone is 2. The van der Waals surface area contributed by atoms with E-state index in [4.69, 9.17) is 9.47 Å². The van der Waals surface area contributed by atoms with Crippen molar-refractivity contribution in [2.24, 2.45) is 11.8 Å². The lowest BCUT2D eigenvalue weighted by molar-refractivity contribution is -0.124. The van der Waals surface area contributed by atoms with Crippen molar-refractivity contribution in [1.29, 1.82) is 0 Å². The molecule has 3 fully saturated rings. The van der Waals surface area contributed by atoms with Crippen LogP contribution in [0.2, 0.25) is 0 Å². The van der Waals surface area contributed by atoms with E-state index >= 15 is 0 Å². The van der Waals surface area contributed by atoms with Crippen molar-refractivity contribution in [3.05, 3.63) is 11.6 Å². The minimum absolute atomic E-state index is 0.0537. The van der Waals surface area contributed by atoms with Gasteiger partial charge < -0.3 is 20.1 Å². The van der Waals surface area contributed by atoms with E-state index in [1.807, 2.05) is 0 Å². The van der Waals surface area contributed by atoms with Crippen molar-refractivity contribution in [3.8, 4) is 0 Å². The Morgan fingerprint density at radius 3 is 2.27 bits per heavy atom. The molecule has 1 saturated carbocycles. The van der Waals surface area contributed by atoms with Crippen LogP contribution in [0.15, 0.2) is 11.6 Å². The minimum atomic E-state index is -0.163. The molecule has 0 bridgehead atoms. The molecule has 5 atom stereocenters. The maximum atomic E-state index is 12.3. The number of carbonyl (C=O) groups excluding carboxylic acids is 2. The second-order valence-corrected chi connectivity index (χ2v) is 8.33. The third kappa shape index (κ3) is 5.07. The number of ether oxygens (including phenoxy) is 2. The molecule has 1 aliphatic carbocycles. The SMILES string of the molecule is CC(C)=CCCC(C)CC(=O)N[C@H]1COC2[C@@H](NC(=O)C3CC3)CO[C@@H]21. The Bertz CT molecular complexity index is 554. The van der Waals surface area contributed by atoms with Gasteiger partial charge in [0.25, 0.3) is 0 Å². The van der Waals surface area contributed by atoms with Gasteiger partial charge in [0.1, 0.15) is 12.2 Å². The summed E-state index contributed by atoms with van der Waals surface area (Å²) in [6, 6.07) is -0.224. The van der Waals surface area contributed by atoms with E-state index in [1.54, 1.807) is 0 Å². The lowest BCUT2D eigenvalue weighted by atomic mass is 10.00.